The maximum Gasteiger partial charge on any atom is 0.241 e. The summed E-state index contributed by atoms with van der Waals surface area (Å²) in [6, 6.07) is 8.24. The highest BCUT2D eigenvalue weighted by Crippen LogP contribution is 2.23. The molecule has 0 spiro atoms. The van der Waals surface area contributed by atoms with E-state index >= 15 is 0 Å². The summed E-state index contributed by atoms with van der Waals surface area (Å²) in [5.41, 5.74) is 1.14. The first-order chi connectivity index (χ1) is 12.7. The molecule has 150 valence electrons. The highest BCUT2D eigenvalue weighted by atomic mass is 127. The number of carbonyl (C=O) groups is 1. The molecular formula is C19H29ClIN5O. The number of guanidine groups is 1. The average molecular weight is 506 g/mol. The summed E-state index contributed by atoms with van der Waals surface area (Å²) in [7, 11) is 1.74. The number of nitrogens with zero attached hydrogens (tertiary/aromatic N) is 3. The Morgan fingerprint density at radius 2 is 2.04 bits per heavy atom. The van der Waals surface area contributed by atoms with Gasteiger partial charge < -0.3 is 20.4 Å². The maximum atomic E-state index is 12.3. The monoisotopic (exact) mass is 505 g/mol. The van der Waals surface area contributed by atoms with Gasteiger partial charge in [-0.05, 0) is 43.9 Å². The molecule has 1 aromatic carbocycles. The van der Waals surface area contributed by atoms with E-state index in [0.29, 0.717) is 18.5 Å². The molecule has 27 heavy (non-hydrogen) atoms. The molecule has 2 heterocycles. The Balaban J connectivity index is 0.00000261. The highest BCUT2D eigenvalue weighted by molar-refractivity contribution is 14.0. The molecule has 2 aliphatic rings. The van der Waals surface area contributed by atoms with Crippen LogP contribution in [-0.4, -0.2) is 62.6 Å². The Hall–Kier alpha value is -1.22. The molecule has 0 bridgehead atoms. The summed E-state index contributed by atoms with van der Waals surface area (Å²) in [6.45, 7) is 3.92. The minimum absolute atomic E-state index is 0. The van der Waals surface area contributed by atoms with Gasteiger partial charge in [-0.15, -0.1) is 24.0 Å². The van der Waals surface area contributed by atoms with E-state index in [-0.39, 0.29) is 29.9 Å². The van der Waals surface area contributed by atoms with Gasteiger partial charge in [0.1, 0.15) is 0 Å². The smallest absolute Gasteiger partial charge is 0.241 e. The number of piperidine rings is 1. The van der Waals surface area contributed by atoms with Crippen molar-refractivity contribution in [2.75, 3.05) is 44.7 Å². The van der Waals surface area contributed by atoms with Crippen molar-refractivity contribution < 1.29 is 4.79 Å². The normalized spacial score (nSPS) is 20.2. The first-order valence-corrected chi connectivity index (χ1v) is 9.79. The van der Waals surface area contributed by atoms with Crippen molar-refractivity contribution in [1.29, 1.82) is 0 Å². The minimum Gasteiger partial charge on any atom is -0.369 e. The number of amides is 1. The number of likely N-dealkylation sites (tertiary alicyclic amines) is 1. The van der Waals surface area contributed by atoms with Gasteiger partial charge in [-0.25, -0.2) is 0 Å². The molecule has 1 amide bonds. The first kappa shape index (κ1) is 22.1. The Morgan fingerprint density at radius 1 is 1.26 bits per heavy atom. The van der Waals surface area contributed by atoms with E-state index in [4.69, 9.17) is 11.6 Å². The zero-order chi connectivity index (χ0) is 18.4. The van der Waals surface area contributed by atoms with Gasteiger partial charge in [0, 0.05) is 50.0 Å². The highest BCUT2D eigenvalue weighted by Gasteiger charge is 2.24. The molecule has 3 rings (SSSR count). The van der Waals surface area contributed by atoms with Crippen molar-refractivity contribution in [3.05, 3.63) is 29.3 Å². The number of anilines is 1. The van der Waals surface area contributed by atoms with Crippen molar-refractivity contribution in [3.63, 3.8) is 0 Å². The molecule has 6 nitrogen and oxygen atoms in total. The number of carbonyl (C=O) groups excluding carboxylic acids is 1. The number of rotatable bonds is 4. The summed E-state index contributed by atoms with van der Waals surface area (Å²) >= 11 is 6.09. The number of benzene rings is 1. The van der Waals surface area contributed by atoms with Gasteiger partial charge in [0.25, 0.3) is 0 Å². The summed E-state index contributed by atoms with van der Waals surface area (Å²) < 4.78 is 0. The molecule has 2 aliphatic heterocycles. The van der Waals surface area contributed by atoms with Crippen molar-refractivity contribution in [2.24, 2.45) is 4.99 Å². The van der Waals surface area contributed by atoms with Crippen LogP contribution < -0.4 is 15.5 Å². The van der Waals surface area contributed by atoms with Gasteiger partial charge in [-0.1, -0.05) is 17.7 Å². The van der Waals surface area contributed by atoms with Crippen molar-refractivity contribution in [2.45, 2.75) is 31.7 Å². The number of nitrogens with one attached hydrogen (secondary N) is 2. The first-order valence-electron chi connectivity index (χ1n) is 9.41. The van der Waals surface area contributed by atoms with Crippen LogP contribution in [0.2, 0.25) is 5.02 Å². The van der Waals surface area contributed by atoms with Gasteiger partial charge in [0.15, 0.2) is 5.96 Å². The third-order valence-electron chi connectivity index (χ3n) is 5.04. The summed E-state index contributed by atoms with van der Waals surface area (Å²) in [6.07, 6.45) is 4.47. The van der Waals surface area contributed by atoms with Crippen LogP contribution in [0.3, 0.4) is 0 Å². The second-order valence-corrected chi connectivity index (χ2v) is 7.36. The van der Waals surface area contributed by atoms with Crippen LogP contribution in [0.25, 0.3) is 0 Å². The zero-order valence-electron chi connectivity index (χ0n) is 15.8. The van der Waals surface area contributed by atoms with Crippen LogP contribution in [-0.2, 0) is 4.79 Å². The predicted molar refractivity (Wildman–Crippen MR) is 122 cm³/mol. The van der Waals surface area contributed by atoms with Crippen molar-refractivity contribution >= 4 is 53.1 Å². The predicted octanol–water partition coefficient (Wildman–Crippen LogP) is 2.71. The molecule has 0 saturated carbocycles. The number of halogens is 2. The van der Waals surface area contributed by atoms with Crippen LogP contribution >= 0.6 is 35.6 Å². The quantitative estimate of drug-likeness (QED) is 0.375. The van der Waals surface area contributed by atoms with E-state index < -0.39 is 0 Å². The van der Waals surface area contributed by atoms with Gasteiger partial charge in [0.05, 0.1) is 6.54 Å². The van der Waals surface area contributed by atoms with Gasteiger partial charge in [-0.3, -0.25) is 9.79 Å². The molecular weight excluding hydrogens is 477 g/mol. The summed E-state index contributed by atoms with van der Waals surface area (Å²) in [5.74, 6) is 0.841. The number of hydrogen-bond acceptors (Lipinski definition) is 3. The Kier molecular flexibility index (Phi) is 8.95. The van der Waals surface area contributed by atoms with Crippen LogP contribution in [0.5, 0.6) is 0 Å². The lowest BCUT2D eigenvalue weighted by Gasteiger charge is -2.27. The molecule has 0 aliphatic carbocycles. The fourth-order valence-electron chi connectivity index (χ4n) is 3.59. The van der Waals surface area contributed by atoms with E-state index in [0.717, 1.165) is 56.2 Å². The van der Waals surface area contributed by atoms with Gasteiger partial charge in [0.2, 0.25) is 5.91 Å². The zero-order valence-corrected chi connectivity index (χ0v) is 18.9. The molecule has 8 heteroatoms. The number of aliphatic imine (C=N–C) groups is 1. The summed E-state index contributed by atoms with van der Waals surface area (Å²) in [4.78, 5) is 20.8. The lowest BCUT2D eigenvalue weighted by Crippen LogP contribution is -2.49. The Morgan fingerprint density at radius 3 is 2.74 bits per heavy atom. The third-order valence-corrected chi connectivity index (χ3v) is 5.28. The van der Waals surface area contributed by atoms with Crippen molar-refractivity contribution in [3.8, 4) is 0 Å². The Labute approximate surface area is 183 Å². The van der Waals surface area contributed by atoms with Gasteiger partial charge in [-0.2, -0.15) is 0 Å². The summed E-state index contributed by atoms with van der Waals surface area (Å²) in [5, 5.41) is 7.35. The maximum absolute atomic E-state index is 12.3. The molecule has 0 radical (unpaired) electrons. The fourth-order valence-corrected chi connectivity index (χ4v) is 3.77. The van der Waals surface area contributed by atoms with Crippen LogP contribution in [0.4, 0.5) is 5.69 Å². The number of hydrogen-bond donors (Lipinski definition) is 2. The van der Waals surface area contributed by atoms with E-state index in [1.165, 1.54) is 6.42 Å². The average Bonchev–Trinajstić information content (AvgIpc) is 3.14. The lowest BCUT2D eigenvalue weighted by atomic mass is 10.1. The SMILES string of the molecule is CN=C(NCC(=O)N1CCCCC1)NC1CCN(c2cccc(Cl)c2)C1.I. The standard InChI is InChI=1S/C19H28ClN5O.HI/c1-21-19(22-13-18(26)24-9-3-2-4-10-24)23-16-8-11-25(14-16)17-7-5-6-15(20)12-17;/h5-7,12,16H,2-4,8-11,13-14H2,1H3,(H2,21,22,23);1H. The van der Waals surface area contributed by atoms with E-state index in [2.05, 4.69) is 26.6 Å². The van der Waals surface area contributed by atoms with E-state index in [1.807, 2.05) is 23.1 Å². The molecule has 2 N–H and O–H groups in total. The minimum atomic E-state index is 0. The topological polar surface area (TPSA) is 60.0 Å². The van der Waals surface area contributed by atoms with E-state index in [9.17, 15) is 4.79 Å². The van der Waals surface area contributed by atoms with Gasteiger partial charge >= 0.3 is 0 Å². The lowest BCUT2D eigenvalue weighted by molar-refractivity contribution is -0.130. The molecule has 1 aromatic rings. The molecule has 2 fully saturated rings. The molecule has 2 saturated heterocycles. The molecule has 0 aromatic heterocycles. The fraction of sp³-hybridized carbons (Fsp3) is 0.579. The van der Waals surface area contributed by atoms with E-state index in [1.54, 1.807) is 7.05 Å². The van der Waals surface area contributed by atoms with Crippen LogP contribution in [0.1, 0.15) is 25.7 Å². The van der Waals surface area contributed by atoms with Crippen LogP contribution in [0.15, 0.2) is 29.3 Å². The Bertz CT molecular complexity index is 651. The molecule has 1 unspecified atom stereocenters. The van der Waals surface area contributed by atoms with Crippen molar-refractivity contribution in [1.82, 2.24) is 15.5 Å². The van der Waals surface area contributed by atoms with Crippen LogP contribution in [0, 0.1) is 0 Å². The second kappa shape index (κ2) is 10.9. The molecule has 1 atom stereocenters. The largest absolute Gasteiger partial charge is 0.369 e. The third kappa shape index (κ3) is 6.41. The second-order valence-electron chi connectivity index (χ2n) is 6.92.